The Kier molecular flexibility index (Phi) is 3.81. The van der Waals surface area contributed by atoms with E-state index >= 15 is 0 Å². The minimum atomic E-state index is -3.42. The van der Waals surface area contributed by atoms with Gasteiger partial charge in [-0.1, -0.05) is 25.1 Å². The minimum absolute atomic E-state index is 0.130. The fourth-order valence-corrected chi connectivity index (χ4v) is 5.42. The number of hydrogen-bond acceptors (Lipinski definition) is 4. The second-order valence-corrected chi connectivity index (χ2v) is 7.81. The van der Waals surface area contributed by atoms with Crippen LogP contribution >= 0.6 is 11.3 Å². The number of nitrogens with one attached hydrogen (secondary N) is 2. The van der Waals surface area contributed by atoms with Gasteiger partial charge in [0.25, 0.3) is 0 Å². The Labute approximate surface area is 123 Å². The largest absolute Gasteiger partial charge is 0.312 e. The van der Waals surface area contributed by atoms with E-state index in [1.54, 1.807) is 11.3 Å². The first-order valence-electron chi connectivity index (χ1n) is 6.85. The first-order chi connectivity index (χ1) is 9.62. The van der Waals surface area contributed by atoms with Gasteiger partial charge >= 0.3 is 0 Å². The predicted molar refractivity (Wildman–Crippen MR) is 82.5 cm³/mol. The minimum Gasteiger partial charge on any atom is -0.312 e. The van der Waals surface area contributed by atoms with Crippen LogP contribution < -0.4 is 10.0 Å². The monoisotopic (exact) mass is 310 g/mol. The van der Waals surface area contributed by atoms with Crippen molar-refractivity contribution in [1.82, 2.24) is 10.0 Å². The molecule has 0 bridgehead atoms. The molecule has 108 valence electrons. The van der Waals surface area contributed by atoms with Crippen LogP contribution in [0.5, 0.6) is 0 Å². The van der Waals surface area contributed by atoms with Gasteiger partial charge in [0.2, 0.25) is 10.0 Å². The van der Waals surface area contributed by atoms with E-state index in [1.807, 2.05) is 31.2 Å². The van der Waals surface area contributed by atoms with E-state index in [2.05, 4.69) is 10.0 Å². The molecule has 3 rings (SSSR count). The van der Waals surface area contributed by atoms with Crippen LogP contribution in [0.4, 0.5) is 0 Å². The number of thiophene rings is 1. The zero-order valence-corrected chi connectivity index (χ0v) is 13.0. The van der Waals surface area contributed by atoms with Crippen LogP contribution in [0.15, 0.2) is 29.2 Å². The van der Waals surface area contributed by atoms with E-state index < -0.39 is 10.0 Å². The van der Waals surface area contributed by atoms with Crippen LogP contribution in [-0.2, 0) is 16.6 Å². The van der Waals surface area contributed by atoms with E-state index in [1.165, 1.54) is 0 Å². The zero-order chi connectivity index (χ0) is 14.2. The Morgan fingerprint density at radius 2 is 2.05 bits per heavy atom. The van der Waals surface area contributed by atoms with Crippen molar-refractivity contribution in [1.29, 1.82) is 0 Å². The first kappa shape index (κ1) is 14.0. The average molecular weight is 310 g/mol. The molecule has 2 aromatic rings. The molecule has 0 atom stereocenters. The summed E-state index contributed by atoms with van der Waals surface area (Å²) in [6.45, 7) is 3.44. The molecule has 0 aliphatic heterocycles. The highest BCUT2D eigenvalue weighted by Gasteiger charge is 2.31. The summed E-state index contributed by atoms with van der Waals surface area (Å²) >= 11 is 1.56. The molecule has 20 heavy (non-hydrogen) atoms. The van der Waals surface area contributed by atoms with Gasteiger partial charge in [0.05, 0.1) is 0 Å². The summed E-state index contributed by atoms with van der Waals surface area (Å²) in [4.78, 5) is 1.35. The molecule has 1 fully saturated rings. The molecule has 0 unspecified atom stereocenters. The standard InChI is InChI=1S/C14H18N2O2S2/c1-2-15-9-13-14(20(17,18)16-10-7-8-10)11-5-3-4-6-12(11)19-13/h3-6,10,15-16H,2,7-9H2,1H3. The van der Waals surface area contributed by atoms with Gasteiger partial charge in [0, 0.05) is 27.5 Å². The van der Waals surface area contributed by atoms with E-state index in [0.29, 0.717) is 11.4 Å². The van der Waals surface area contributed by atoms with E-state index in [-0.39, 0.29) is 6.04 Å². The van der Waals surface area contributed by atoms with Crippen LogP contribution in [0.1, 0.15) is 24.6 Å². The fourth-order valence-electron chi connectivity index (χ4n) is 2.20. The van der Waals surface area contributed by atoms with Gasteiger partial charge in [0.15, 0.2) is 0 Å². The quantitative estimate of drug-likeness (QED) is 0.861. The van der Waals surface area contributed by atoms with Gasteiger partial charge in [-0.15, -0.1) is 11.3 Å². The lowest BCUT2D eigenvalue weighted by Gasteiger charge is -2.08. The van der Waals surface area contributed by atoms with E-state index in [4.69, 9.17) is 0 Å². The van der Waals surface area contributed by atoms with Crippen molar-refractivity contribution < 1.29 is 8.42 Å². The second kappa shape index (κ2) is 5.44. The van der Waals surface area contributed by atoms with Crippen molar-refractivity contribution in [2.45, 2.75) is 37.2 Å². The van der Waals surface area contributed by atoms with Gasteiger partial charge in [-0.3, -0.25) is 0 Å². The Morgan fingerprint density at radius 3 is 2.75 bits per heavy atom. The lowest BCUT2D eigenvalue weighted by atomic mass is 10.2. The summed E-state index contributed by atoms with van der Waals surface area (Å²) in [5.41, 5.74) is 0. The summed E-state index contributed by atoms with van der Waals surface area (Å²) < 4.78 is 29.0. The third-order valence-corrected chi connectivity index (χ3v) is 6.27. The maximum atomic E-state index is 12.6. The Balaban J connectivity index is 2.09. The van der Waals surface area contributed by atoms with Gasteiger partial charge < -0.3 is 5.32 Å². The first-order valence-corrected chi connectivity index (χ1v) is 9.15. The molecule has 6 heteroatoms. The normalized spacial score (nSPS) is 15.8. The molecule has 4 nitrogen and oxygen atoms in total. The molecule has 1 aliphatic carbocycles. The highest BCUT2D eigenvalue weighted by Crippen LogP contribution is 2.35. The molecule has 1 heterocycles. The van der Waals surface area contributed by atoms with Crippen LogP contribution in [0.2, 0.25) is 0 Å². The van der Waals surface area contributed by atoms with Gasteiger partial charge in [0.1, 0.15) is 4.90 Å². The second-order valence-electron chi connectivity index (χ2n) is 5.03. The smallest absolute Gasteiger partial charge is 0.242 e. The van der Waals surface area contributed by atoms with E-state index in [9.17, 15) is 8.42 Å². The molecule has 1 saturated carbocycles. The average Bonchev–Trinajstić information content (AvgIpc) is 3.12. The third kappa shape index (κ3) is 2.74. The van der Waals surface area contributed by atoms with Gasteiger partial charge in [-0.2, -0.15) is 0 Å². The van der Waals surface area contributed by atoms with Gasteiger partial charge in [-0.25, -0.2) is 13.1 Å². The number of fused-ring (bicyclic) bond motifs is 1. The molecule has 0 spiro atoms. The van der Waals surface area contributed by atoms with Crippen molar-refractivity contribution in [3.63, 3.8) is 0 Å². The summed E-state index contributed by atoms with van der Waals surface area (Å²) in [6.07, 6.45) is 1.90. The van der Waals surface area contributed by atoms with E-state index in [0.717, 1.165) is 34.3 Å². The lowest BCUT2D eigenvalue weighted by Crippen LogP contribution is -2.27. The van der Waals surface area contributed by atoms with Crippen LogP contribution in [-0.4, -0.2) is 21.0 Å². The topological polar surface area (TPSA) is 58.2 Å². The van der Waals surface area contributed by atoms with Gasteiger partial charge in [-0.05, 0) is 25.5 Å². The number of benzene rings is 1. The zero-order valence-electron chi connectivity index (χ0n) is 11.3. The third-order valence-electron chi connectivity index (χ3n) is 3.32. The van der Waals surface area contributed by atoms with Crippen LogP contribution in [0.25, 0.3) is 10.1 Å². The molecular formula is C14H18N2O2S2. The maximum Gasteiger partial charge on any atom is 0.242 e. The molecule has 2 N–H and O–H groups in total. The Morgan fingerprint density at radius 1 is 1.30 bits per heavy atom. The fraction of sp³-hybridized carbons (Fsp3) is 0.429. The molecule has 1 aromatic carbocycles. The summed E-state index contributed by atoms with van der Waals surface area (Å²) in [6, 6.07) is 7.84. The van der Waals surface area contributed by atoms with Crippen molar-refractivity contribution in [3.8, 4) is 0 Å². The summed E-state index contributed by atoms with van der Waals surface area (Å²) in [7, 11) is -3.42. The molecule has 0 amide bonds. The number of rotatable bonds is 6. The van der Waals surface area contributed by atoms with Crippen molar-refractivity contribution in [2.75, 3.05) is 6.54 Å². The number of hydrogen-bond donors (Lipinski definition) is 2. The molecular weight excluding hydrogens is 292 g/mol. The highest BCUT2D eigenvalue weighted by atomic mass is 32.2. The van der Waals surface area contributed by atoms with Crippen molar-refractivity contribution >= 4 is 31.4 Å². The summed E-state index contributed by atoms with van der Waals surface area (Å²) in [5, 5.41) is 4.06. The molecule has 0 saturated heterocycles. The number of sulfonamides is 1. The summed E-state index contributed by atoms with van der Waals surface area (Å²) in [5.74, 6) is 0. The Hall–Kier alpha value is -0.950. The molecule has 0 radical (unpaired) electrons. The van der Waals surface area contributed by atoms with Crippen molar-refractivity contribution in [3.05, 3.63) is 29.1 Å². The predicted octanol–water partition coefficient (Wildman–Crippen LogP) is 2.45. The maximum absolute atomic E-state index is 12.6. The Bertz CT molecular complexity index is 718. The SMILES string of the molecule is CCNCc1sc2ccccc2c1S(=O)(=O)NC1CC1. The highest BCUT2D eigenvalue weighted by molar-refractivity contribution is 7.90. The molecule has 1 aliphatic rings. The van der Waals surface area contributed by atoms with Crippen LogP contribution in [0.3, 0.4) is 0 Å². The van der Waals surface area contributed by atoms with Crippen molar-refractivity contribution in [2.24, 2.45) is 0 Å². The lowest BCUT2D eigenvalue weighted by molar-refractivity contribution is 0.580. The van der Waals surface area contributed by atoms with Crippen LogP contribution in [0, 0.1) is 0 Å². The molecule has 1 aromatic heterocycles.